The standard InChI is InChI=1S/C12H20N2O2S/c1-3-17(15,16)10-11(2)14-9-6-12-4-7-13-8-5-12/h4-5,7-8,11,14H,3,6,9-10H2,1-2H3. The normalized spacial score (nSPS) is 13.5. The van der Waals surface area contributed by atoms with Crippen LogP contribution in [0.4, 0.5) is 0 Å². The lowest BCUT2D eigenvalue weighted by atomic mass is 10.2. The van der Waals surface area contributed by atoms with Crippen molar-refractivity contribution < 1.29 is 8.42 Å². The van der Waals surface area contributed by atoms with E-state index in [1.54, 1.807) is 19.3 Å². The van der Waals surface area contributed by atoms with Crippen molar-refractivity contribution >= 4 is 9.84 Å². The quantitative estimate of drug-likeness (QED) is 0.792. The van der Waals surface area contributed by atoms with E-state index in [0.717, 1.165) is 13.0 Å². The first-order valence-electron chi connectivity index (χ1n) is 5.86. The maximum atomic E-state index is 11.4. The molecule has 0 aliphatic heterocycles. The number of pyridine rings is 1. The number of hydrogen-bond donors (Lipinski definition) is 1. The largest absolute Gasteiger partial charge is 0.313 e. The highest BCUT2D eigenvalue weighted by molar-refractivity contribution is 7.91. The van der Waals surface area contributed by atoms with Crippen molar-refractivity contribution in [3.05, 3.63) is 30.1 Å². The lowest BCUT2D eigenvalue weighted by molar-refractivity contribution is 0.559. The van der Waals surface area contributed by atoms with Gasteiger partial charge >= 0.3 is 0 Å². The zero-order chi connectivity index (χ0) is 12.7. The molecule has 1 aromatic heterocycles. The molecule has 4 nitrogen and oxygen atoms in total. The van der Waals surface area contributed by atoms with E-state index in [-0.39, 0.29) is 17.5 Å². The molecular weight excluding hydrogens is 236 g/mol. The summed E-state index contributed by atoms with van der Waals surface area (Å²) in [5, 5.41) is 3.22. The van der Waals surface area contributed by atoms with Gasteiger partial charge in [0.05, 0.1) is 5.75 Å². The van der Waals surface area contributed by atoms with Crippen LogP contribution < -0.4 is 5.32 Å². The summed E-state index contributed by atoms with van der Waals surface area (Å²) in [4.78, 5) is 3.95. The van der Waals surface area contributed by atoms with Crippen LogP contribution in [0.5, 0.6) is 0 Å². The zero-order valence-corrected chi connectivity index (χ0v) is 11.2. The van der Waals surface area contributed by atoms with Crippen LogP contribution in [0.25, 0.3) is 0 Å². The SMILES string of the molecule is CCS(=O)(=O)CC(C)NCCc1ccncc1. The van der Waals surface area contributed by atoms with E-state index in [4.69, 9.17) is 0 Å². The molecule has 96 valence electrons. The molecule has 0 saturated carbocycles. The van der Waals surface area contributed by atoms with E-state index in [1.807, 2.05) is 19.1 Å². The van der Waals surface area contributed by atoms with Crippen molar-refractivity contribution in [1.82, 2.24) is 10.3 Å². The Bertz CT molecular complexity index is 417. The molecule has 17 heavy (non-hydrogen) atoms. The summed E-state index contributed by atoms with van der Waals surface area (Å²) in [5.41, 5.74) is 1.21. The molecule has 1 atom stereocenters. The van der Waals surface area contributed by atoms with Gasteiger partial charge in [-0.3, -0.25) is 4.98 Å². The van der Waals surface area contributed by atoms with Crippen LogP contribution in [0.15, 0.2) is 24.5 Å². The minimum Gasteiger partial charge on any atom is -0.313 e. The molecule has 0 aromatic carbocycles. The first kappa shape index (κ1) is 14.1. The molecule has 1 heterocycles. The van der Waals surface area contributed by atoms with Crippen molar-refractivity contribution in [1.29, 1.82) is 0 Å². The lowest BCUT2D eigenvalue weighted by Gasteiger charge is -2.13. The Kier molecular flexibility index (Phi) is 5.58. The van der Waals surface area contributed by atoms with Crippen molar-refractivity contribution in [3.63, 3.8) is 0 Å². The molecule has 0 bridgehead atoms. The molecule has 5 heteroatoms. The molecule has 1 unspecified atom stereocenters. The van der Waals surface area contributed by atoms with Gasteiger partial charge in [0.2, 0.25) is 0 Å². The fourth-order valence-electron chi connectivity index (χ4n) is 1.57. The molecule has 0 spiro atoms. The summed E-state index contributed by atoms with van der Waals surface area (Å²) in [6, 6.07) is 3.94. The monoisotopic (exact) mass is 256 g/mol. The molecule has 1 N–H and O–H groups in total. The van der Waals surface area contributed by atoms with Crippen LogP contribution in [0.2, 0.25) is 0 Å². The Morgan fingerprint density at radius 2 is 2.00 bits per heavy atom. The molecule has 1 rings (SSSR count). The second-order valence-corrected chi connectivity index (χ2v) is 6.56. The number of rotatable bonds is 7. The third-order valence-corrected chi connectivity index (χ3v) is 4.49. The second-order valence-electron chi connectivity index (χ2n) is 4.16. The third kappa shape index (κ3) is 5.79. The van der Waals surface area contributed by atoms with E-state index < -0.39 is 9.84 Å². The van der Waals surface area contributed by atoms with Gasteiger partial charge in [0.1, 0.15) is 0 Å². The molecule has 0 saturated heterocycles. The number of aromatic nitrogens is 1. The van der Waals surface area contributed by atoms with E-state index in [9.17, 15) is 8.42 Å². The van der Waals surface area contributed by atoms with Crippen molar-refractivity contribution in [2.24, 2.45) is 0 Å². The van der Waals surface area contributed by atoms with Crippen LogP contribution in [-0.2, 0) is 16.3 Å². The Morgan fingerprint density at radius 1 is 1.35 bits per heavy atom. The smallest absolute Gasteiger partial charge is 0.151 e. The van der Waals surface area contributed by atoms with Gasteiger partial charge in [0.15, 0.2) is 9.84 Å². The average molecular weight is 256 g/mol. The van der Waals surface area contributed by atoms with Gasteiger partial charge in [0.25, 0.3) is 0 Å². The van der Waals surface area contributed by atoms with E-state index in [2.05, 4.69) is 10.3 Å². The van der Waals surface area contributed by atoms with Gasteiger partial charge < -0.3 is 5.32 Å². The van der Waals surface area contributed by atoms with Crippen molar-refractivity contribution in [2.45, 2.75) is 26.3 Å². The van der Waals surface area contributed by atoms with Crippen LogP contribution in [0, 0.1) is 0 Å². The van der Waals surface area contributed by atoms with Gasteiger partial charge in [-0.15, -0.1) is 0 Å². The van der Waals surface area contributed by atoms with Crippen LogP contribution >= 0.6 is 0 Å². The highest BCUT2D eigenvalue weighted by Gasteiger charge is 2.12. The lowest BCUT2D eigenvalue weighted by Crippen LogP contribution is -2.34. The van der Waals surface area contributed by atoms with Gasteiger partial charge in [-0.05, 0) is 37.6 Å². The van der Waals surface area contributed by atoms with Crippen LogP contribution in [0.1, 0.15) is 19.4 Å². The van der Waals surface area contributed by atoms with Gasteiger partial charge in [0, 0.05) is 24.2 Å². The Hall–Kier alpha value is -0.940. The molecule has 0 aliphatic rings. The highest BCUT2D eigenvalue weighted by Crippen LogP contribution is 1.98. The third-order valence-electron chi connectivity index (χ3n) is 2.60. The first-order chi connectivity index (χ1) is 8.03. The summed E-state index contributed by atoms with van der Waals surface area (Å²) in [6.45, 7) is 4.36. The fourth-order valence-corrected chi connectivity index (χ4v) is 2.69. The number of nitrogens with one attached hydrogen (secondary N) is 1. The highest BCUT2D eigenvalue weighted by atomic mass is 32.2. The molecule has 0 radical (unpaired) electrons. The summed E-state index contributed by atoms with van der Waals surface area (Å²) < 4.78 is 22.8. The predicted molar refractivity (Wildman–Crippen MR) is 69.7 cm³/mol. The van der Waals surface area contributed by atoms with E-state index >= 15 is 0 Å². The molecule has 0 amide bonds. The average Bonchev–Trinajstić information content (AvgIpc) is 2.30. The van der Waals surface area contributed by atoms with Crippen molar-refractivity contribution in [3.8, 4) is 0 Å². The molecular formula is C12H20N2O2S. The topological polar surface area (TPSA) is 59.1 Å². The van der Waals surface area contributed by atoms with E-state index in [0.29, 0.717) is 0 Å². The maximum Gasteiger partial charge on any atom is 0.151 e. The Balaban J connectivity index is 2.28. The Morgan fingerprint density at radius 3 is 2.59 bits per heavy atom. The van der Waals surface area contributed by atoms with Gasteiger partial charge in [-0.2, -0.15) is 0 Å². The summed E-state index contributed by atoms with van der Waals surface area (Å²) >= 11 is 0. The zero-order valence-electron chi connectivity index (χ0n) is 10.4. The predicted octanol–water partition coefficient (Wildman–Crippen LogP) is 1.04. The summed E-state index contributed by atoms with van der Waals surface area (Å²) in [6.07, 6.45) is 4.42. The number of nitrogens with zero attached hydrogens (tertiary/aromatic N) is 1. The van der Waals surface area contributed by atoms with Crippen LogP contribution in [0.3, 0.4) is 0 Å². The maximum absolute atomic E-state index is 11.4. The number of hydrogen-bond acceptors (Lipinski definition) is 4. The summed E-state index contributed by atoms with van der Waals surface area (Å²) in [7, 11) is -2.89. The van der Waals surface area contributed by atoms with E-state index in [1.165, 1.54) is 5.56 Å². The van der Waals surface area contributed by atoms with Crippen LogP contribution in [-0.4, -0.2) is 37.5 Å². The minimum atomic E-state index is -2.89. The number of sulfone groups is 1. The summed E-state index contributed by atoms with van der Waals surface area (Å²) in [5.74, 6) is 0.420. The molecule has 0 aliphatic carbocycles. The molecule has 1 aromatic rings. The fraction of sp³-hybridized carbons (Fsp3) is 0.583. The minimum absolute atomic E-state index is 0.00165. The van der Waals surface area contributed by atoms with Gasteiger partial charge in [-0.1, -0.05) is 6.92 Å². The Labute approximate surface area is 103 Å². The second kappa shape index (κ2) is 6.71. The van der Waals surface area contributed by atoms with Crippen molar-refractivity contribution in [2.75, 3.05) is 18.1 Å². The van der Waals surface area contributed by atoms with Gasteiger partial charge in [-0.25, -0.2) is 8.42 Å². The first-order valence-corrected chi connectivity index (χ1v) is 7.68. The molecule has 0 fully saturated rings.